The van der Waals surface area contributed by atoms with Crippen LogP contribution in [0.2, 0.25) is 0 Å². The van der Waals surface area contributed by atoms with E-state index in [1.54, 1.807) is 17.7 Å². The third kappa shape index (κ3) is 3.76. The average Bonchev–Trinajstić information content (AvgIpc) is 3.32. The molecule has 1 unspecified atom stereocenters. The molecule has 134 valence electrons. The van der Waals surface area contributed by atoms with E-state index in [-0.39, 0.29) is 11.2 Å². The highest BCUT2D eigenvalue weighted by Crippen LogP contribution is 2.37. The number of carbonyl (C=O) groups is 1. The molecule has 1 aliphatic rings. The minimum absolute atomic E-state index is 0.104. The molecular formula is C20H21N3OS2. The molecule has 4 nitrogen and oxygen atoms in total. The molecule has 0 bridgehead atoms. The average molecular weight is 384 g/mol. The lowest BCUT2D eigenvalue weighted by Crippen LogP contribution is -2.37. The number of thiophene rings is 1. The molecule has 1 N–H and O–H groups in total. The highest BCUT2D eigenvalue weighted by molar-refractivity contribution is 8.00. The van der Waals surface area contributed by atoms with Gasteiger partial charge in [0, 0.05) is 16.3 Å². The van der Waals surface area contributed by atoms with E-state index < -0.39 is 0 Å². The van der Waals surface area contributed by atoms with Crippen LogP contribution < -0.4 is 5.32 Å². The zero-order chi connectivity index (χ0) is 17.9. The molecule has 4 rings (SSSR count). The van der Waals surface area contributed by atoms with E-state index in [0.717, 1.165) is 28.1 Å². The SMILES string of the molecule is CC(Sc1ncnc2sc(-c3ccccc3)cc12)C(=O)NC1CCCC1. The third-order valence-electron chi connectivity index (χ3n) is 4.71. The monoisotopic (exact) mass is 383 g/mol. The van der Waals surface area contributed by atoms with E-state index in [4.69, 9.17) is 0 Å². The van der Waals surface area contributed by atoms with E-state index in [9.17, 15) is 4.79 Å². The van der Waals surface area contributed by atoms with Crippen molar-refractivity contribution in [2.24, 2.45) is 0 Å². The molecule has 1 aliphatic carbocycles. The maximum absolute atomic E-state index is 12.5. The van der Waals surface area contributed by atoms with Crippen molar-refractivity contribution in [1.82, 2.24) is 15.3 Å². The van der Waals surface area contributed by atoms with Gasteiger partial charge in [0.2, 0.25) is 5.91 Å². The van der Waals surface area contributed by atoms with Gasteiger partial charge in [-0.25, -0.2) is 9.97 Å². The molecule has 0 aliphatic heterocycles. The first-order chi connectivity index (χ1) is 12.7. The number of hydrogen-bond acceptors (Lipinski definition) is 5. The summed E-state index contributed by atoms with van der Waals surface area (Å²) in [5, 5.41) is 4.91. The molecule has 1 aromatic carbocycles. The lowest BCUT2D eigenvalue weighted by molar-refractivity contribution is -0.120. The first-order valence-electron chi connectivity index (χ1n) is 8.98. The quantitative estimate of drug-likeness (QED) is 0.503. The zero-order valence-electron chi connectivity index (χ0n) is 14.6. The number of hydrogen-bond donors (Lipinski definition) is 1. The highest BCUT2D eigenvalue weighted by Gasteiger charge is 2.22. The lowest BCUT2D eigenvalue weighted by atomic mass is 10.2. The lowest BCUT2D eigenvalue weighted by Gasteiger charge is -2.16. The van der Waals surface area contributed by atoms with Crippen LogP contribution in [0.3, 0.4) is 0 Å². The number of amides is 1. The van der Waals surface area contributed by atoms with Crippen molar-refractivity contribution in [1.29, 1.82) is 0 Å². The number of thioether (sulfide) groups is 1. The Kier molecular flexibility index (Phi) is 5.22. The molecule has 1 fully saturated rings. The van der Waals surface area contributed by atoms with Crippen molar-refractivity contribution in [3.8, 4) is 10.4 Å². The van der Waals surface area contributed by atoms with Gasteiger partial charge in [-0.3, -0.25) is 4.79 Å². The molecule has 1 atom stereocenters. The van der Waals surface area contributed by atoms with Crippen LogP contribution in [0.15, 0.2) is 47.8 Å². The Morgan fingerprint density at radius 1 is 1.23 bits per heavy atom. The molecule has 3 aromatic rings. The number of aromatic nitrogens is 2. The predicted molar refractivity (Wildman–Crippen MR) is 109 cm³/mol. The van der Waals surface area contributed by atoms with Crippen LogP contribution in [0.1, 0.15) is 32.6 Å². The van der Waals surface area contributed by atoms with Crippen molar-refractivity contribution in [2.75, 3.05) is 0 Å². The van der Waals surface area contributed by atoms with Gasteiger partial charge >= 0.3 is 0 Å². The Morgan fingerprint density at radius 3 is 2.77 bits per heavy atom. The highest BCUT2D eigenvalue weighted by atomic mass is 32.2. The van der Waals surface area contributed by atoms with Crippen LogP contribution in [-0.4, -0.2) is 27.2 Å². The first-order valence-corrected chi connectivity index (χ1v) is 10.7. The topological polar surface area (TPSA) is 54.9 Å². The second-order valence-electron chi connectivity index (χ2n) is 6.62. The summed E-state index contributed by atoms with van der Waals surface area (Å²) < 4.78 is 0. The first kappa shape index (κ1) is 17.5. The van der Waals surface area contributed by atoms with E-state index in [0.29, 0.717) is 6.04 Å². The normalized spacial score (nSPS) is 16.0. The van der Waals surface area contributed by atoms with E-state index in [1.165, 1.54) is 35.0 Å². The van der Waals surface area contributed by atoms with Crippen molar-refractivity contribution < 1.29 is 4.79 Å². The minimum Gasteiger partial charge on any atom is -0.352 e. The largest absolute Gasteiger partial charge is 0.352 e. The summed E-state index contributed by atoms with van der Waals surface area (Å²) in [5.41, 5.74) is 1.18. The Labute approximate surface area is 161 Å². The van der Waals surface area contributed by atoms with Crippen molar-refractivity contribution in [3.05, 3.63) is 42.7 Å². The zero-order valence-corrected chi connectivity index (χ0v) is 16.3. The van der Waals surface area contributed by atoms with Gasteiger partial charge in [-0.05, 0) is 31.4 Å². The molecule has 1 amide bonds. The summed E-state index contributed by atoms with van der Waals surface area (Å²) in [4.78, 5) is 23.5. The number of fused-ring (bicyclic) bond motifs is 1. The Morgan fingerprint density at radius 2 is 2.00 bits per heavy atom. The maximum Gasteiger partial charge on any atom is 0.233 e. The molecule has 0 spiro atoms. The maximum atomic E-state index is 12.5. The van der Waals surface area contributed by atoms with E-state index >= 15 is 0 Å². The molecule has 2 heterocycles. The Balaban J connectivity index is 1.54. The summed E-state index contributed by atoms with van der Waals surface area (Å²) in [5.74, 6) is 0.104. The van der Waals surface area contributed by atoms with Crippen LogP contribution in [0.5, 0.6) is 0 Å². The van der Waals surface area contributed by atoms with Gasteiger partial charge < -0.3 is 5.32 Å². The fourth-order valence-corrected chi connectivity index (χ4v) is 5.25. The van der Waals surface area contributed by atoms with Gasteiger partial charge in [-0.15, -0.1) is 11.3 Å². The third-order valence-corrected chi connectivity index (χ3v) is 6.92. The summed E-state index contributed by atoms with van der Waals surface area (Å²) >= 11 is 3.18. The van der Waals surface area contributed by atoms with Gasteiger partial charge in [0.1, 0.15) is 16.2 Å². The number of benzene rings is 1. The molecule has 2 aromatic heterocycles. The van der Waals surface area contributed by atoms with Crippen molar-refractivity contribution >= 4 is 39.2 Å². The summed E-state index contributed by atoms with van der Waals surface area (Å²) in [6, 6.07) is 12.8. The predicted octanol–water partition coefficient (Wildman–Crippen LogP) is 4.90. The summed E-state index contributed by atoms with van der Waals surface area (Å²) in [6.07, 6.45) is 6.24. The van der Waals surface area contributed by atoms with Gasteiger partial charge in [0.05, 0.1) is 5.25 Å². The second-order valence-corrected chi connectivity index (χ2v) is 8.98. The second kappa shape index (κ2) is 7.76. The number of carbonyl (C=O) groups excluding carboxylic acids is 1. The van der Waals surface area contributed by atoms with Crippen LogP contribution in [0.4, 0.5) is 0 Å². The van der Waals surface area contributed by atoms with Gasteiger partial charge in [0.15, 0.2) is 0 Å². The number of rotatable bonds is 5. The fraction of sp³-hybridized carbons (Fsp3) is 0.350. The molecule has 26 heavy (non-hydrogen) atoms. The van der Waals surface area contributed by atoms with Gasteiger partial charge in [0.25, 0.3) is 0 Å². The van der Waals surface area contributed by atoms with E-state index in [1.807, 2.05) is 25.1 Å². The smallest absolute Gasteiger partial charge is 0.233 e. The van der Waals surface area contributed by atoms with Crippen LogP contribution in [-0.2, 0) is 4.79 Å². The number of nitrogens with zero attached hydrogens (tertiary/aromatic N) is 2. The van der Waals surface area contributed by atoms with Crippen LogP contribution in [0.25, 0.3) is 20.7 Å². The molecule has 0 radical (unpaired) electrons. The van der Waals surface area contributed by atoms with E-state index in [2.05, 4.69) is 33.5 Å². The summed E-state index contributed by atoms with van der Waals surface area (Å²) in [6.45, 7) is 1.95. The number of nitrogens with one attached hydrogen (secondary N) is 1. The van der Waals surface area contributed by atoms with Crippen LogP contribution in [0, 0.1) is 0 Å². The standard InChI is InChI=1S/C20H21N3OS2/c1-13(18(24)23-15-9-5-6-10-15)25-19-16-11-17(14-7-3-2-4-8-14)26-20(16)22-12-21-19/h2-4,7-8,11-13,15H,5-6,9-10H2,1H3,(H,23,24). The van der Waals surface area contributed by atoms with Crippen molar-refractivity contribution in [3.63, 3.8) is 0 Å². The Hall–Kier alpha value is -1.92. The van der Waals surface area contributed by atoms with Gasteiger partial charge in [-0.1, -0.05) is 54.9 Å². The molecule has 0 saturated heterocycles. The van der Waals surface area contributed by atoms with Gasteiger partial charge in [-0.2, -0.15) is 0 Å². The Bertz CT molecular complexity index is 904. The molecule has 6 heteroatoms. The molecule has 1 saturated carbocycles. The molecular weight excluding hydrogens is 362 g/mol. The minimum atomic E-state index is -0.172. The van der Waals surface area contributed by atoms with Crippen molar-refractivity contribution in [2.45, 2.75) is 48.9 Å². The van der Waals surface area contributed by atoms with Crippen LogP contribution >= 0.6 is 23.1 Å². The summed E-state index contributed by atoms with van der Waals surface area (Å²) in [7, 11) is 0. The fourth-order valence-electron chi connectivity index (χ4n) is 3.28.